The van der Waals surface area contributed by atoms with E-state index in [9.17, 15) is 4.79 Å². The molecule has 2 rings (SSSR count). The van der Waals surface area contributed by atoms with Crippen LogP contribution >= 0.6 is 15.9 Å². The van der Waals surface area contributed by atoms with Crippen LogP contribution in [-0.4, -0.2) is 23.0 Å². The van der Waals surface area contributed by atoms with Crippen LogP contribution in [0.1, 0.15) is 34.5 Å². The molecule has 7 heteroatoms. The number of carbonyl (C=O) groups is 1. The molecule has 0 saturated heterocycles. The van der Waals surface area contributed by atoms with Crippen molar-refractivity contribution in [2.75, 3.05) is 12.8 Å². The molecule has 0 amide bonds. The second-order valence-electron chi connectivity index (χ2n) is 4.73. The maximum absolute atomic E-state index is 11.9. The number of hydrogen-bond acceptors (Lipinski definition) is 6. The highest BCUT2D eigenvalue weighted by atomic mass is 79.9. The van der Waals surface area contributed by atoms with Gasteiger partial charge in [-0.05, 0) is 35.8 Å². The summed E-state index contributed by atoms with van der Waals surface area (Å²) < 4.78 is 11.1. The van der Waals surface area contributed by atoms with Gasteiger partial charge in [0.2, 0.25) is 0 Å². The lowest BCUT2D eigenvalue weighted by Gasteiger charge is -2.18. The number of benzene rings is 1. The lowest BCUT2D eigenvalue weighted by Crippen LogP contribution is -2.13. The van der Waals surface area contributed by atoms with Crippen LogP contribution in [0.25, 0.3) is 0 Å². The fourth-order valence-electron chi connectivity index (χ4n) is 1.99. The molecular formula is C15H16BrN3O3. The van der Waals surface area contributed by atoms with E-state index >= 15 is 0 Å². The number of nitrogens with two attached hydrogens (primary N) is 1. The summed E-state index contributed by atoms with van der Waals surface area (Å²) in [6.45, 7) is 3.74. The topological polar surface area (TPSA) is 87.3 Å². The summed E-state index contributed by atoms with van der Waals surface area (Å²) in [7, 11) is 1.34. The molecule has 1 aromatic heterocycles. The molecule has 0 fully saturated rings. The van der Waals surface area contributed by atoms with E-state index in [-0.39, 0.29) is 11.7 Å². The third-order valence-corrected chi connectivity index (χ3v) is 3.46. The number of aryl methyl sites for hydroxylation is 1. The van der Waals surface area contributed by atoms with Gasteiger partial charge in [-0.1, -0.05) is 17.7 Å². The predicted octanol–water partition coefficient (Wildman–Crippen LogP) is 3.06. The van der Waals surface area contributed by atoms with Crippen molar-refractivity contribution in [2.45, 2.75) is 20.0 Å². The van der Waals surface area contributed by atoms with E-state index in [1.807, 2.05) is 26.0 Å². The molecule has 0 spiro atoms. The van der Waals surface area contributed by atoms with Gasteiger partial charge < -0.3 is 15.2 Å². The van der Waals surface area contributed by atoms with Crippen molar-refractivity contribution in [3.05, 3.63) is 45.7 Å². The predicted molar refractivity (Wildman–Crippen MR) is 85.7 cm³/mol. The second kappa shape index (κ2) is 6.74. The SMILES string of the molecule is COC(=O)c1ccc(C)cc1C(C)Oc1nc(Br)cnc1N. The van der Waals surface area contributed by atoms with Crippen molar-refractivity contribution in [1.29, 1.82) is 0 Å². The van der Waals surface area contributed by atoms with E-state index < -0.39 is 12.1 Å². The number of esters is 1. The first-order valence-corrected chi connectivity index (χ1v) is 7.35. The lowest BCUT2D eigenvalue weighted by atomic mass is 10.0. The first-order chi connectivity index (χ1) is 10.4. The highest BCUT2D eigenvalue weighted by Gasteiger charge is 2.19. The second-order valence-corrected chi connectivity index (χ2v) is 5.54. The van der Waals surface area contributed by atoms with E-state index in [0.29, 0.717) is 15.7 Å². The standard InChI is InChI=1S/C15H16BrN3O3/c1-8-4-5-10(15(20)21-3)11(6-8)9(2)22-14-13(17)18-7-12(16)19-14/h4-7,9H,1-3H3,(H2,17,18). The summed E-state index contributed by atoms with van der Waals surface area (Å²) in [4.78, 5) is 20.0. The molecule has 0 bridgehead atoms. The number of methoxy groups -OCH3 is 1. The van der Waals surface area contributed by atoms with Crippen LogP contribution < -0.4 is 10.5 Å². The molecule has 6 nitrogen and oxygen atoms in total. The molecule has 0 radical (unpaired) electrons. The van der Waals surface area contributed by atoms with E-state index in [4.69, 9.17) is 15.2 Å². The van der Waals surface area contributed by atoms with Gasteiger partial charge in [0.15, 0.2) is 5.82 Å². The van der Waals surface area contributed by atoms with Gasteiger partial charge in [-0.15, -0.1) is 0 Å². The third-order valence-electron chi connectivity index (χ3n) is 3.08. The quantitative estimate of drug-likeness (QED) is 0.837. The normalized spacial score (nSPS) is 11.8. The molecule has 1 heterocycles. The van der Waals surface area contributed by atoms with Crippen LogP contribution in [0, 0.1) is 6.92 Å². The minimum absolute atomic E-state index is 0.183. The molecule has 1 atom stereocenters. The van der Waals surface area contributed by atoms with Crippen molar-refractivity contribution in [3.8, 4) is 5.88 Å². The highest BCUT2D eigenvalue weighted by molar-refractivity contribution is 9.10. The molecule has 2 aromatic rings. The molecule has 116 valence electrons. The summed E-state index contributed by atoms with van der Waals surface area (Å²) in [6, 6.07) is 5.43. The minimum atomic E-state index is -0.445. The Balaban J connectivity index is 2.36. The van der Waals surface area contributed by atoms with E-state index in [0.717, 1.165) is 5.56 Å². The zero-order chi connectivity index (χ0) is 16.3. The maximum atomic E-state index is 11.9. The Hall–Kier alpha value is -2.15. The third kappa shape index (κ3) is 3.54. The first kappa shape index (κ1) is 16.2. The van der Waals surface area contributed by atoms with Crippen LogP contribution in [0.5, 0.6) is 5.88 Å². The zero-order valence-corrected chi connectivity index (χ0v) is 14.0. The fraction of sp³-hybridized carbons (Fsp3) is 0.267. The Morgan fingerprint density at radius 1 is 1.41 bits per heavy atom. The van der Waals surface area contributed by atoms with Crippen LogP contribution in [0.2, 0.25) is 0 Å². The number of carbonyl (C=O) groups excluding carboxylic acids is 1. The van der Waals surface area contributed by atoms with Crippen molar-refractivity contribution < 1.29 is 14.3 Å². The molecule has 2 N–H and O–H groups in total. The molecule has 0 saturated carbocycles. The van der Waals surface area contributed by atoms with E-state index in [2.05, 4.69) is 25.9 Å². The molecular weight excluding hydrogens is 350 g/mol. The molecule has 1 aromatic carbocycles. The summed E-state index contributed by atoms with van der Waals surface area (Å²) >= 11 is 3.22. The van der Waals surface area contributed by atoms with E-state index in [1.54, 1.807) is 6.07 Å². The van der Waals surface area contributed by atoms with Crippen molar-refractivity contribution >= 4 is 27.7 Å². The number of rotatable bonds is 4. The Bertz CT molecular complexity index is 706. The van der Waals surface area contributed by atoms with Crippen LogP contribution in [0.15, 0.2) is 29.0 Å². The van der Waals surface area contributed by atoms with Crippen LogP contribution in [0.4, 0.5) is 5.82 Å². The number of hydrogen-bond donors (Lipinski definition) is 1. The number of halogens is 1. The Morgan fingerprint density at radius 2 is 2.14 bits per heavy atom. The van der Waals surface area contributed by atoms with Gasteiger partial charge in [0.25, 0.3) is 5.88 Å². The van der Waals surface area contributed by atoms with Gasteiger partial charge >= 0.3 is 5.97 Å². The smallest absolute Gasteiger partial charge is 0.338 e. The first-order valence-electron chi connectivity index (χ1n) is 6.56. The highest BCUT2D eigenvalue weighted by Crippen LogP contribution is 2.28. The number of nitrogens with zero attached hydrogens (tertiary/aromatic N) is 2. The summed E-state index contributed by atoms with van der Waals surface area (Å²) in [5.41, 5.74) is 7.91. The van der Waals surface area contributed by atoms with Crippen molar-refractivity contribution in [2.24, 2.45) is 0 Å². The minimum Gasteiger partial charge on any atom is -0.467 e. The van der Waals surface area contributed by atoms with Gasteiger partial charge in [0.1, 0.15) is 10.7 Å². The summed E-state index contributed by atoms with van der Waals surface area (Å²) in [6.07, 6.45) is 1.04. The molecule has 0 aliphatic heterocycles. The Labute approximate surface area is 136 Å². The van der Waals surface area contributed by atoms with Gasteiger partial charge in [-0.2, -0.15) is 0 Å². The van der Waals surface area contributed by atoms with Gasteiger partial charge in [-0.25, -0.2) is 14.8 Å². The molecule has 0 aliphatic carbocycles. The van der Waals surface area contributed by atoms with Crippen molar-refractivity contribution in [3.63, 3.8) is 0 Å². The molecule has 22 heavy (non-hydrogen) atoms. The Kier molecular flexibility index (Phi) is 4.97. The van der Waals surface area contributed by atoms with Crippen LogP contribution in [0.3, 0.4) is 0 Å². The maximum Gasteiger partial charge on any atom is 0.338 e. The number of anilines is 1. The number of nitrogen functional groups attached to an aromatic ring is 1. The largest absolute Gasteiger partial charge is 0.467 e. The average Bonchev–Trinajstić information content (AvgIpc) is 2.50. The summed E-state index contributed by atoms with van der Waals surface area (Å²) in [5, 5.41) is 0. The number of ether oxygens (including phenoxy) is 2. The number of aromatic nitrogens is 2. The van der Waals surface area contributed by atoms with Crippen LogP contribution in [-0.2, 0) is 4.74 Å². The molecule has 0 aliphatic rings. The zero-order valence-electron chi connectivity index (χ0n) is 12.5. The summed E-state index contributed by atoms with van der Waals surface area (Å²) in [5.74, 6) is -0.0275. The fourth-order valence-corrected chi connectivity index (χ4v) is 2.26. The molecule has 1 unspecified atom stereocenters. The average molecular weight is 366 g/mol. The van der Waals surface area contributed by atoms with Gasteiger partial charge in [-0.3, -0.25) is 0 Å². The van der Waals surface area contributed by atoms with Gasteiger partial charge in [0, 0.05) is 5.56 Å². The lowest BCUT2D eigenvalue weighted by molar-refractivity contribution is 0.0595. The van der Waals surface area contributed by atoms with Gasteiger partial charge in [0.05, 0.1) is 18.9 Å². The van der Waals surface area contributed by atoms with Crippen molar-refractivity contribution in [1.82, 2.24) is 9.97 Å². The van der Waals surface area contributed by atoms with E-state index in [1.165, 1.54) is 13.3 Å². The monoisotopic (exact) mass is 365 g/mol. The Morgan fingerprint density at radius 3 is 2.82 bits per heavy atom.